The van der Waals surface area contributed by atoms with Gasteiger partial charge in [0, 0.05) is 18.5 Å². The van der Waals surface area contributed by atoms with E-state index in [1.54, 1.807) is 6.07 Å². The Kier molecular flexibility index (Phi) is 5.10. The van der Waals surface area contributed by atoms with Crippen molar-refractivity contribution in [3.63, 3.8) is 0 Å². The number of nitriles is 1. The summed E-state index contributed by atoms with van der Waals surface area (Å²) in [4.78, 5) is 8.99. The molecule has 0 aliphatic heterocycles. The van der Waals surface area contributed by atoms with Gasteiger partial charge in [0.15, 0.2) is 5.65 Å². The van der Waals surface area contributed by atoms with Crippen LogP contribution >= 0.6 is 11.6 Å². The molecular weight excluding hydrogens is 358 g/mol. The number of fused-ring (bicyclic) bond motifs is 7. The Hall–Kier alpha value is -2.06. The zero-order valence-electron chi connectivity index (χ0n) is 15.6. The van der Waals surface area contributed by atoms with E-state index in [9.17, 15) is 0 Å². The smallest absolute Gasteiger partial charge is 0.163 e. The van der Waals surface area contributed by atoms with E-state index in [1.165, 1.54) is 19.3 Å². The van der Waals surface area contributed by atoms with Crippen molar-refractivity contribution in [3.05, 3.63) is 29.7 Å². The molecule has 2 aromatic rings. The van der Waals surface area contributed by atoms with Crippen LogP contribution in [0.1, 0.15) is 63.8 Å². The molecule has 6 heteroatoms. The average molecular weight is 384 g/mol. The Morgan fingerprint density at radius 2 is 2.15 bits per heavy atom. The van der Waals surface area contributed by atoms with Crippen molar-refractivity contribution in [2.24, 2.45) is 11.3 Å². The van der Waals surface area contributed by atoms with Crippen molar-refractivity contribution in [3.8, 4) is 6.07 Å². The molecule has 2 bridgehead atoms. The molecule has 142 valence electrons. The SMILES string of the molecule is N#CCCC12C/C=C/CC[C@H](n3cnc4c(N)cc(Cl)nc43)CCC(C1)C2. The topological polar surface area (TPSA) is 80.5 Å². The van der Waals surface area contributed by atoms with Gasteiger partial charge in [0.2, 0.25) is 0 Å². The average Bonchev–Trinajstić information content (AvgIpc) is 3.00. The fourth-order valence-electron chi connectivity index (χ4n) is 5.02. The molecule has 0 aromatic carbocycles. The van der Waals surface area contributed by atoms with Crippen LogP contribution < -0.4 is 5.73 Å². The quantitative estimate of drug-likeness (QED) is 0.566. The molecule has 5 rings (SSSR count). The first-order valence-electron chi connectivity index (χ1n) is 9.91. The van der Waals surface area contributed by atoms with Gasteiger partial charge in [-0.2, -0.15) is 5.26 Å². The van der Waals surface area contributed by atoms with Crippen molar-refractivity contribution in [1.29, 1.82) is 5.26 Å². The lowest BCUT2D eigenvalue weighted by Gasteiger charge is -2.48. The van der Waals surface area contributed by atoms with Crippen LogP contribution in [0.15, 0.2) is 24.5 Å². The van der Waals surface area contributed by atoms with Crippen molar-refractivity contribution in [2.75, 3.05) is 5.73 Å². The predicted molar refractivity (Wildman–Crippen MR) is 108 cm³/mol. The van der Waals surface area contributed by atoms with Gasteiger partial charge in [-0.15, -0.1) is 0 Å². The molecule has 0 spiro atoms. The van der Waals surface area contributed by atoms with Gasteiger partial charge in [-0.25, -0.2) is 9.97 Å². The Morgan fingerprint density at radius 3 is 2.96 bits per heavy atom. The van der Waals surface area contributed by atoms with Crippen molar-refractivity contribution in [2.45, 2.75) is 63.8 Å². The molecule has 27 heavy (non-hydrogen) atoms. The Bertz CT molecular complexity index is 888. The number of nitrogens with two attached hydrogens (primary N) is 1. The van der Waals surface area contributed by atoms with E-state index >= 15 is 0 Å². The third-order valence-electron chi connectivity index (χ3n) is 6.42. The lowest BCUT2D eigenvalue weighted by molar-refractivity contribution is 0.0406. The van der Waals surface area contributed by atoms with Gasteiger partial charge >= 0.3 is 0 Å². The third-order valence-corrected chi connectivity index (χ3v) is 6.62. The zero-order chi connectivity index (χ0) is 18.9. The highest BCUT2D eigenvalue weighted by molar-refractivity contribution is 6.30. The molecule has 0 amide bonds. The van der Waals surface area contributed by atoms with Crippen LogP contribution in [0.25, 0.3) is 11.2 Å². The van der Waals surface area contributed by atoms with Crippen molar-refractivity contribution >= 4 is 28.5 Å². The molecule has 0 saturated heterocycles. The van der Waals surface area contributed by atoms with Gasteiger partial charge in [-0.05, 0) is 62.7 Å². The van der Waals surface area contributed by atoms with Crippen molar-refractivity contribution in [1.82, 2.24) is 14.5 Å². The monoisotopic (exact) mass is 383 g/mol. The Balaban J connectivity index is 1.54. The summed E-state index contributed by atoms with van der Waals surface area (Å²) in [6.45, 7) is 0. The molecule has 3 aliphatic rings. The number of anilines is 1. The first kappa shape index (κ1) is 18.3. The highest BCUT2D eigenvalue weighted by atomic mass is 35.5. The number of allylic oxidation sites excluding steroid dienone is 2. The van der Waals surface area contributed by atoms with Crippen LogP contribution in [0, 0.1) is 22.7 Å². The maximum Gasteiger partial charge on any atom is 0.163 e. The number of halogens is 1. The second-order valence-electron chi connectivity index (χ2n) is 8.27. The maximum absolute atomic E-state index is 8.97. The Labute approximate surface area is 165 Å². The molecular formula is C21H26ClN5. The summed E-state index contributed by atoms with van der Waals surface area (Å²) in [6.07, 6.45) is 16.3. The van der Waals surface area contributed by atoms with Crippen LogP contribution in [0.4, 0.5) is 5.69 Å². The molecule has 1 fully saturated rings. The summed E-state index contributed by atoms with van der Waals surface area (Å²) in [6, 6.07) is 4.35. The molecule has 3 aliphatic carbocycles. The van der Waals surface area contributed by atoms with E-state index in [4.69, 9.17) is 22.6 Å². The lowest BCUT2D eigenvalue weighted by atomic mass is 9.57. The van der Waals surface area contributed by atoms with Gasteiger partial charge in [-0.1, -0.05) is 23.8 Å². The standard InChI is InChI=1S/C21H26ClN5/c22-18-11-17(24)19-20(26-18)27(14-25-19)16-5-2-1-3-8-21(9-4-10-23)12-15(13-21)6-7-16/h1,3,11,14-16H,2,4-9,12-13H2,(H2,24,26)/b3-1+/t15?,16-,21?/m0/s1. The predicted octanol–water partition coefficient (Wildman–Crippen LogP) is 5.43. The van der Waals surface area contributed by atoms with Gasteiger partial charge in [0.05, 0.1) is 18.1 Å². The number of nitrogens with zero attached hydrogens (tertiary/aromatic N) is 4. The molecule has 5 nitrogen and oxygen atoms in total. The number of nitrogen functional groups attached to an aromatic ring is 1. The minimum atomic E-state index is 0.359. The van der Waals surface area contributed by atoms with E-state index in [1.807, 2.05) is 6.33 Å². The van der Waals surface area contributed by atoms with E-state index in [2.05, 4.69) is 32.8 Å². The van der Waals surface area contributed by atoms with Gasteiger partial charge < -0.3 is 10.3 Å². The summed E-state index contributed by atoms with van der Waals surface area (Å²) < 4.78 is 2.17. The number of aromatic nitrogens is 3. The van der Waals surface area contributed by atoms with Crippen molar-refractivity contribution < 1.29 is 0 Å². The summed E-state index contributed by atoms with van der Waals surface area (Å²) >= 11 is 6.14. The second kappa shape index (κ2) is 7.52. The maximum atomic E-state index is 8.97. The Morgan fingerprint density at radius 1 is 1.30 bits per heavy atom. The molecule has 0 radical (unpaired) electrons. The fraction of sp³-hybridized carbons (Fsp3) is 0.571. The van der Waals surface area contributed by atoms with Gasteiger partial charge in [0.25, 0.3) is 0 Å². The largest absolute Gasteiger partial charge is 0.397 e. The van der Waals surface area contributed by atoms with Crippen LogP contribution in [0.5, 0.6) is 0 Å². The van der Waals surface area contributed by atoms with Crippen LogP contribution in [-0.2, 0) is 0 Å². The van der Waals surface area contributed by atoms with E-state index < -0.39 is 0 Å². The molecule has 2 heterocycles. The minimum Gasteiger partial charge on any atom is -0.397 e. The normalized spacial score (nSPS) is 29.5. The number of imidazole rings is 1. The van der Waals surface area contributed by atoms with Crippen LogP contribution in [-0.4, -0.2) is 14.5 Å². The summed E-state index contributed by atoms with van der Waals surface area (Å²) in [5.41, 5.74) is 8.56. The minimum absolute atomic E-state index is 0.359. The van der Waals surface area contributed by atoms with E-state index in [0.717, 1.165) is 49.2 Å². The van der Waals surface area contributed by atoms with Gasteiger partial charge in [0.1, 0.15) is 10.7 Å². The van der Waals surface area contributed by atoms with Crippen LogP contribution in [0.3, 0.4) is 0 Å². The number of hydrogen-bond donors (Lipinski definition) is 1. The summed E-state index contributed by atoms with van der Waals surface area (Å²) in [5.74, 6) is 0.772. The number of pyridine rings is 1. The number of hydrogen-bond acceptors (Lipinski definition) is 4. The molecule has 1 atom stereocenters. The summed E-state index contributed by atoms with van der Waals surface area (Å²) in [7, 11) is 0. The van der Waals surface area contributed by atoms with E-state index in [0.29, 0.717) is 28.7 Å². The second-order valence-corrected chi connectivity index (χ2v) is 8.66. The van der Waals surface area contributed by atoms with Crippen LogP contribution in [0.2, 0.25) is 5.15 Å². The highest BCUT2D eigenvalue weighted by Crippen LogP contribution is 2.54. The van der Waals surface area contributed by atoms with E-state index in [-0.39, 0.29) is 0 Å². The molecule has 1 saturated carbocycles. The lowest BCUT2D eigenvalue weighted by Crippen LogP contribution is -2.37. The first-order chi connectivity index (χ1) is 13.1. The molecule has 2 N–H and O–H groups in total. The summed E-state index contributed by atoms with van der Waals surface area (Å²) in [5, 5.41) is 9.38. The number of rotatable bonds is 3. The zero-order valence-corrected chi connectivity index (χ0v) is 16.3. The highest BCUT2D eigenvalue weighted by Gasteiger charge is 2.42. The first-order valence-corrected chi connectivity index (χ1v) is 10.3. The molecule has 0 unspecified atom stereocenters. The third kappa shape index (κ3) is 3.68. The van der Waals surface area contributed by atoms with Gasteiger partial charge in [-0.3, -0.25) is 0 Å². The molecule has 2 aromatic heterocycles. The fourth-order valence-corrected chi connectivity index (χ4v) is 5.22.